The quantitative estimate of drug-likeness (QED) is 0.394. The highest BCUT2D eigenvalue weighted by molar-refractivity contribution is 6.09. The van der Waals surface area contributed by atoms with Gasteiger partial charge in [0, 0.05) is 22.8 Å². The van der Waals surface area contributed by atoms with E-state index in [-0.39, 0.29) is 11.5 Å². The fourth-order valence-electron chi connectivity index (χ4n) is 2.61. The molecular weight excluding hydrogens is 302 g/mol. The lowest BCUT2D eigenvalue weighted by Crippen LogP contribution is -2.02. The molecule has 0 aliphatic heterocycles. The Bertz CT molecular complexity index is 900. The third-order valence-electron chi connectivity index (χ3n) is 3.91. The predicted molar refractivity (Wildman–Crippen MR) is 93.1 cm³/mol. The van der Waals surface area contributed by atoms with E-state index < -0.39 is 4.92 Å². The SMILES string of the molecule is Cc1cc(C(=O)c2ccc(-c3ccccc3)cc2)ccc1[N+](=O)[O-]. The molecule has 0 radical (unpaired) electrons. The maximum Gasteiger partial charge on any atom is 0.272 e. The number of nitrogens with zero attached hydrogens (tertiary/aromatic N) is 1. The monoisotopic (exact) mass is 317 g/mol. The molecule has 0 atom stereocenters. The lowest BCUT2D eigenvalue weighted by molar-refractivity contribution is -0.385. The van der Waals surface area contributed by atoms with Gasteiger partial charge < -0.3 is 0 Å². The van der Waals surface area contributed by atoms with E-state index in [9.17, 15) is 14.9 Å². The highest BCUT2D eigenvalue weighted by atomic mass is 16.6. The second-order valence-electron chi connectivity index (χ2n) is 5.53. The van der Waals surface area contributed by atoms with Crippen LogP contribution in [0.2, 0.25) is 0 Å². The topological polar surface area (TPSA) is 60.2 Å². The number of rotatable bonds is 4. The molecule has 0 unspecified atom stereocenters. The molecule has 0 aliphatic carbocycles. The van der Waals surface area contributed by atoms with E-state index in [2.05, 4.69) is 0 Å². The van der Waals surface area contributed by atoms with Gasteiger partial charge in [-0.3, -0.25) is 14.9 Å². The van der Waals surface area contributed by atoms with Crippen LogP contribution < -0.4 is 0 Å². The van der Waals surface area contributed by atoms with Crippen molar-refractivity contribution < 1.29 is 9.72 Å². The molecule has 4 nitrogen and oxygen atoms in total. The van der Waals surface area contributed by atoms with Gasteiger partial charge in [-0.1, -0.05) is 54.6 Å². The van der Waals surface area contributed by atoms with Gasteiger partial charge in [0.2, 0.25) is 0 Å². The Morgan fingerprint density at radius 3 is 2.00 bits per heavy atom. The second-order valence-corrected chi connectivity index (χ2v) is 5.53. The molecule has 24 heavy (non-hydrogen) atoms. The lowest BCUT2D eigenvalue weighted by atomic mass is 9.98. The zero-order chi connectivity index (χ0) is 17.1. The molecule has 0 aromatic heterocycles. The standard InChI is InChI=1S/C20H15NO3/c1-14-13-18(11-12-19(14)21(23)24)20(22)17-9-7-16(8-10-17)15-5-3-2-4-6-15/h2-13H,1H3. The summed E-state index contributed by atoms with van der Waals surface area (Å²) in [6, 6.07) is 21.7. The number of hydrogen-bond acceptors (Lipinski definition) is 3. The highest BCUT2D eigenvalue weighted by Crippen LogP contribution is 2.23. The van der Waals surface area contributed by atoms with Crippen LogP contribution in [0.25, 0.3) is 11.1 Å². The zero-order valence-electron chi connectivity index (χ0n) is 13.1. The highest BCUT2D eigenvalue weighted by Gasteiger charge is 2.15. The molecule has 118 valence electrons. The molecule has 0 saturated heterocycles. The summed E-state index contributed by atoms with van der Waals surface area (Å²) in [5, 5.41) is 10.9. The minimum Gasteiger partial charge on any atom is -0.289 e. The number of benzene rings is 3. The number of aryl methyl sites for hydroxylation is 1. The number of nitro groups is 1. The zero-order valence-corrected chi connectivity index (χ0v) is 13.1. The smallest absolute Gasteiger partial charge is 0.272 e. The first-order valence-electron chi connectivity index (χ1n) is 7.51. The van der Waals surface area contributed by atoms with E-state index in [1.54, 1.807) is 25.1 Å². The van der Waals surface area contributed by atoms with E-state index in [0.29, 0.717) is 16.7 Å². The third-order valence-corrected chi connectivity index (χ3v) is 3.91. The molecule has 0 amide bonds. The van der Waals surface area contributed by atoms with Crippen molar-refractivity contribution in [2.45, 2.75) is 6.92 Å². The largest absolute Gasteiger partial charge is 0.289 e. The van der Waals surface area contributed by atoms with Crippen molar-refractivity contribution in [2.75, 3.05) is 0 Å². The Hall–Kier alpha value is -3.27. The van der Waals surface area contributed by atoms with Crippen LogP contribution >= 0.6 is 0 Å². The Morgan fingerprint density at radius 2 is 1.42 bits per heavy atom. The molecule has 3 aromatic carbocycles. The maximum absolute atomic E-state index is 12.6. The van der Waals surface area contributed by atoms with Gasteiger partial charge >= 0.3 is 0 Å². The Balaban J connectivity index is 1.88. The first kappa shape index (κ1) is 15.6. The van der Waals surface area contributed by atoms with Crippen LogP contribution in [-0.4, -0.2) is 10.7 Å². The minimum absolute atomic E-state index is 0.0194. The molecule has 0 fully saturated rings. The van der Waals surface area contributed by atoms with Crippen LogP contribution in [0.1, 0.15) is 21.5 Å². The number of carbonyl (C=O) groups is 1. The normalized spacial score (nSPS) is 10.4. The van der Waals surface area contributed by atoms with Crippen LogP contribution in [-0.2, 0) is 0 Å². The van der Waals surface area contributed by atoms with E-state index in [4.69, 9.17) is 0 Å². The van der Waals surface area contributed by atoms with E-state index >= 15 is 0 Å². The molecule has 0 heterocycles. The Morgan fingerprint density at radius 1 is 0.833 bits per heavy atom. The van der Waals surface area contributed by atoms with E-state index in [0.717, 1.165) is 11.1 Å². The Labute approximate surface area is 139 Å². The van der Waals surface area contributed by atoms with Gasteiger partial charge in [0.25, 0.3) is 5.69 Å². The molecule has 3 aromatic rings. The summed E-state index contributed by atoms with van der Waals surface area (Å²) in [4.78, 5) is 23.0. The summed E-state index contributed by atoms with van der Waals surface area (Å²) in [7, 11) is 0. The van der Waals surface area contributed by atoms with Crippen molar-refractivity contribution in [2.24, 2.45) is 0 Å². The van der Waals surface area contributed by atoms with Gasteiger partial charge in [-0.05, 0) is 30.2 Å². The molecular formula is C20H15NO3. The van der Waals surface area contributed by atoms with Crippen LogP contribution in [0.5, 0.6) is 0 Å². The van der Waals surface area contributed by atoms with Gasteiger partial charge in [0.15, 0.2) is 5.78 Å². The maximum atomic E-state index is 12.6. The van der Waals surface area contributed by atoms with Crippen molar-refractivity contribution in [1.29, 1.82) is 0 Å². The molecule has 0 spiro atoms. The predicted octanol–water partition coefficient (Wildman–Crippen LogP) is 4.80. The summed E-state index contributed by atoms with van der Waals surface area (Å²) in [5.41, 5.74) is 3.63. The molecule has 4 heteroatoms. The van der Waals surface area contributed by atoms with Gasteiger partial charge in [-0.15, -0.1) is 0 Å². The van der Waals surface area contributed by atoms with Gasteiger partial charge in [0.1, 0.15) is 0 Å². The summed E-state index contributed by atoms with van der Waals surface area (Å²) < 4.78 is 0. The molecule has 0 aliphatic rings. The first-order chi connectivity index (χ1) is 11.6. The van der Waals surface area contributed by atoms with Crippen molar-refractivity contribution in [3.8, 4) is 11.1 Å². The van der Waals surface area contributed by atoms with Gasteiger partial charge in [0.05, 0.1) is 4.92 Å². The van der Waals surface area contributed by atoms with E-state index in [1.165, 1.54) is 12.1 Å². The molecule has 0 saturated carbocycles. The number of hydrogen-bond donors (Lipinski definition) is 0. The summed E-state index contributed by atoms with van der Waals surface area (Å²) in [5.74, 6) is -0.146. The van der Waals surface area contributed by atoms with Crippen LogP contribution in [0.4, 0.5) is 5.69 Å². The molecule has 3 rings (SSSR count). The van der Waals surface area contributed by atoms with Crippen LogP contribution in [0.15, 0.2) is 72.8 Å². The van der Waals surface area contributed by atoms with Gasteiger partial charge in [-0.2, -0.15) is 0 Å². The van der Waals surface area contributed by atoms with Crippen LogP contribution in [0.3, 0.4) is 0 Å². The number of nitro benzene ring substituents is 1. The fourth-order valence-corrected chi connectivity index (χ4v) is 2.61. The fraction of sp³-hybridized carbons (Fsp3) is 0.0500. The first-order valence-corrected chi connectivity index (χ1v) is 7.51. The Kier molecular flexibility index (Phi) is 4.20. The van der Waals surface area contributed by atoms with Crippen molar-refractivity contribution in [1.82, 2.24) is 0 Å². The van der Waals surface area contributed by atoms with Crippen molar-refractivity contribution >= 4 is 11.5 Å². The van der Waals surface area contributed by atoms with Crippen molar-refractivity contribution in [3.63, 3.8) is 0 Å². The molecule has 0 N–H and O–H groups in total. The lowest BCUT2D eigenvalue weighted by Gasteiger charge is -2.05. The number of carbonyl (C=O) groups excluding carboxylic acids is 1. The average Bonchev–Trinajstić information content (AvgIpc) is 2.61. The third kappa shape index (κ3) is 3.08. The van der Waals surface area contributed by atoms with Gasteiger partial charge in [-0.25, -0.2) is 0 Å². The summed E-state index contributed by atoms with van der Waals surface area (Å²) >= 11 is 0. The minimum atomic E-state index is -0.446. The summed E-state index contributed by atoms with van der Waals surface area (Å²) in [6.45, 7) is 1.63. The number of ketones is 1. The summed E-state index contributed by atoms with van der Waals surface area (Å²) in [6.07, 6.45) is 0. The second kappa shape index (κ2) is 6.46. The van der Waals surface area contributed by atoms with Crippen LogP contribution in [0, 0.1) is 17.0 Å². The van der Waals surface area contributed by atoms with Crippen molar-refractivity contribution in [3.05, 3.63) is 99.6 Å². The van der Waals surface area contributed by atoms with E-state index in [1.807, 2.05) is 42.5 Å². The molecule has 0 bridgehead atoms. The average molecular weight is 317 g/mol.